The molecule has 2 aromatic rings. The molecule has 4 nitrogen and oxygen atoms in total. The number of benzene rings is 1. The molecule has 0 saturated heterocycles. The third-order valence-electron chi connectivity index (χ3n) is 4.23. The molecule has 3 N–H and O–H groups in total. The van der Waals surface area contributed by atoms with Crippen LogP contribution in [0.5, 0.6) is 0 Å². The maximum Gasteiger partial charge on any atom is 0.0644 e. The van der Waals surface area contributed by atoms with E-state index in [1.54, 1.807) is 0 Å². The molecule has 1 aliphatic rings. The highest BCUT2D eigenvalue weighted by Crippen LogP contribution is 2.29. The molecular weight excluding hydrogens is 328 g/mol. The number of hydrogen-bond donors (Lipinski definition) is 2. The molecule has 0 bridgehead atoms. The minimum absolute atomic E-state index is 0.0782. The van der Waals surface area contributed by atoms with Gasteiger partial charge in [-0.2, -0.15) is 5.10 Å². The molecule has 1 atom stereocenters. The molecule has 5 heteroatoms. The summed E-state index contributed by atoms with van der Waals surface area (Å²) in [6.45, 7) is 0. The zero-order valence-corrected chi connectivity index (χ0v) is 13.6. The third kappa shape index (κ3) is 3.54. The van der Waals surface area contributed by atoms with E-state index in [1.807, 2.05) is 12.1 Å². The number of halogens is 1. The van der Waals surface area contributed by atoms with Gasteiger partial charge in [-0.05, 0) is 36.6 Å². The summed E-state index contributed by atoms with van der Waals surface area (Å²) in [5, 5.41) is 4.74. The summed E-state index contributed by atoms with van der Waals surface area (Å²) in [6.07, 6.45) is 8.07. The molecular formula is C16H21BrN4. The van der Waals surface area contributed by atoms with E-state index in [1.165, 1.54) is 31.2 Å². The number of hydrogen-bond acceptors (Lipinski definition) is 3. The summed E-state index contributed by atoms with van der Waals surface area (Å²) in [5.41, 5.74) is 5.16. The molecule has 1 heterocycles. The normalized spacial score (nSPS) is 17.2. The zero-order valence-electron chi connectivity index (χ0n) is 12.0. The fourth-order valence-corrected chi connectivity index (χ4v) is 3.48. The number of hydrazine groups is 1. The Morgan fingerprint density at radius 1 is 1.33 bits per heavy atom. The zero-order chi connectivity index (χ0) is 14.7. The summed E-state index contributed by atoms with van der Waals surface area (Å²) in [4.78, 5) is 0. The van der Waals surface area contributed by atoms with Gasteiger partial charge in [-0.15, -0.1) is 0 Å². The fourth-order valence-electron chi connectivity index (χ4n) is 3.06. The van der Waals surface area contributed by atoms with Crippen molar-refractivity contribution in [1.29, 1.82) is 0 Å². The smallest absolute Gasteiger partial charge is 0.0644 e. The molecule has 1 fully saturated rings. The van der Waals surface area contributed by atoms with Crippen LogP contribution in [0.3, 0.4) is 0 Å². The molecule has 1 saturated carbocycles. The molecule has 0 amide bonds. The van der Waals surface area contributed by atoms with E-state index in [2.05, 4.69) is 50.4 Å². The first-order valence-corrected chi connectivity index (χ1v) is 8.31. The van der Waals surface area contributed by atoms with Gasteiger partial charge in [-0.25, -0.2) is 0 Å². The van der Waals surface area contributed by atoms with Gasteiger partial charge in [0, 0.05) is 17.1 Å². The van der Waals surface area contributed by atoms with Crippen LogP contribution in [-0.2, 0) is 6.42 Å². The van der Waals surface area contributed by atoms with Crippen molar-refractivity contribution in [3.63, 3.8) is 0 Å². The van der Waals surface area contributed by atoms with E-state index in [-0.39, 0.29) is 6.04 Å². The van der Waals surface area contributed by atoms with Crippen LogP contribution < -0.4 is 11.3 Å². The van der Waals surface area contributed by atoms with E-state index in [0.29, 0.717) is 6.04 Å². The summed E-state index contributed by atoms with van der Waals surface area (Å²) >= 11 is 3.51. The standard InChI is InChI=1S/C16H21BrN4/c17-13-5-3-4-12(10-13)16(19-18)11-14-8-9-21(20-14)15-6-1-2-7-15/h3-5,8-10,15-16,19H,1-2,6-7,11,18H2. The van der Waals surface area contributed by atoms with Gasteiger partial charge in [0.1, 0.15) is 0 Å². The maximum atomic E-state index is 5.73. The van der Waals surface area contributed by atoms with Crippen molar-refractivity contribution >= 4 is 15.9 Å². The van der Waals surface area contributed by atoms with Gasteiger partial charge >= 0.3 is 0 Å². The first-order valence-electron chi connectivity index (χ1n) is 7.52. The Morgan fingerprint density at radius 3 is 2.86 bits per heavy atom. The lowest BCUT2D eigenvalue weighted by Crippen LogP contribution is -2.29. The van der Waals surface area contributed by atoms with E-state index in [4.69, 9.17) is 10.9 Å². The first kappa shape index (κ1) is 14.8. The molecule has 1 aromatic carbocycles. The Morgan fingerprint density at radius 2 is 2.14 bits per heavy atom. The lowest BCUT2D eigenvalue weighted by Gasteiger charge is -2.15. The summed E-state index contributed by atoms with van der Waals surface area (Å²) < 4.78 is 3.20. The Balaban J connectivity index is 1.72. The van der Waals surface area contributed by atoms with Crippen LogP contribution in [0.4, 0.5) is 0 Å². The number of aromatic nitrogens is 2. The first-order chi connectivity index (χ1) is 10.3. The Hall–Kier alpha value is -1.17. The van der Waals surface area contributed by atoms with Gasteiger partial charge in [0.15, 0.2) is 0 Å². The molecule has 0 spiro atoms. The van der Waals surface area contributed by atoms with Crippen LogP contribution in [0.25, 0.3) is 0 Å². The summed E-state index contributed by atoms with van der Waals surface area (Å²) in [6, 6.07) is 11.0. The van der Waals surface area contributed by atoms with E-state index < -0.39 is 0 Å². The van der Waals surface area contributed by atoms with Crippen molar-refractivity contribution in [2.45, 2.75) is 44.2 Å². The van der Waals surface area contributed by atoms with Crippen molar-refractivity contribution in [3.05, 3.63) is 52.3 Å². The van der Waals surface area contributed by atoms with Crippen molar-refractivity contribution in [1.82, 2.24) is 15.2 Å². The minimum atomic E-state index is 0.0782. The third-order valence-corrected chi connectivity index (χ3v) is 4.72. The molecule has 21 heavy (non-hydrogen) atoms. The van der Waals surface area contributed by atoms with Crippen molar-refractivity contribution in [2.75, 3.05) is 0 Å². The minimum Gasteiger partial charge on any atom is -0.271 e. The predicted octanol–water partition coefficient (Wildman–Crippen LogP) is 3.51. The molecule has 1 unspecified atom stereocenters. The number of nitrogens with zero attached hydrogens (tertiary/aromatic N) is 2. The second-order valence-electron chi connectivity index (χ2n) is 5.70. The maximum absolute atomic E-state index is 5.73. The second kappa shape index (κ2) is 6.73. The van der Waals surface area contributed by atoms with Gasteiger partial charge in [0.2, 0.25) is 0 Å². The molecule has 1 aromatic heterocycles. The number of nitrogens with two attached hydrogens (primary N) is 1. The molecule has 112 valence electrons. The van der Waals surface area contributed by atoms with E-state index in [0.717, 1.165) is 16.6 Å². The highest BCUT2D eigenvalue weighted by molar-refractivity contribution is 9.10. The van der Waals surface area contributed by atoms with Gasteiger partial charge in [0.25, 0.3) is 0 Å². The largest absolute Gasteiger partial charge is 0.271 e. The predicted molar refractivity (Wildman–Crippen MR) is 87.6 cm³/mol. The van der Waals surface area contributed by atoms with E-state index in [9.17, 15) is 0 Å². The number of rotatable bonds is 5. The van der Waals surface area contributed by atoms with Crippen molar-refractivity contribution in [2.24, 2.45) is 5.84 Å². The number of nitrogens with one attached hydrogen (secondary N) is 1. The van der Waals surface area contributed by atoms with Crippen LogP contribution in [0.2, 0.25) is 0 Å². The lowest BCUT2D eigenvalue weighted by molar-refractivity contribution is 0.457. The Bertz CT molecular complexity index is 589. The molecule has 3 rings (SSSR count). The van der Waals surface area contributed by atoms with Crippen molar-refractivity contribution < 1.29 is 0 Å². The van der Waals surface area contributed by atoms with Crippen molar-refractivity contribution in [3.8, 4) is 0 Å². The average Bonchev–Trinajstić information content (AvgIpc) is 3.15. The highest BCUT2D eigenvalue weighted by Gasteiger charge is 2.18. The van der Waals surface area contributed by atoms with Crippen LogP contribution >= 0.6 is 15.9 Å². The molecule has 0 aliphatic heterocycles. The average molecular weight is 349 g/mol. The van der Waals surface area contributed by atoms with Crippen LogP contribution in [0, 0.1) is 0 Å². The summed E-state index contributed by atoms with van der Waals surface area (Å²) in [7, 11) is 0. The van der Waals surface area contributed by atoms with Crippen LogP contribution in [0.15, 0.2) is 41.0 Å². The topological polar surface area (TPSA) is 55.9 Å². The quantitative estimate of drug-likeness (QED) is 0.642. The van der Waals surface area contributed by atoms with Crippen LogP contribution in [-0.4, -0.2) is 9.78 Å². The Labute approximate surface area is 133 Å². The SMILES string of the molecule is NNC(Cc1ccn(C2CCCC2)n1)c1cccc(Br)c1. The summed E-state index contributed by atoms with van der Waals surface area (Å²) in [5.74, 6) is 5.73. The fraction of sp³-hybridized carbons (Fsp3) is 0.438. The monoisotopic (exact) mass is 348 g/mol. The van der Waals surface area contributed by atoms with Gasteiger partial charge < -0.3 is 0 Å². The molecule has 1 aliphatic carbocycles. The lowest BCUT2D eigenvalue weighted by atomic mass is 10.0. The molecule has 0 radical (unpaired) electrons. The highest BCUT2D eigenvalue weighted by atomic mass is 79.9. The Kier molecular flexibility index (Phi) is 4.73. The van der Waals surface area contributed by atoms with Gasteiger partial charge in [-0.3, -0.25) is 16.0 Å². The van der Waals surface area contributed by atoms with Gasteiger partial charge in [0.05, 0.1) is 17.8 Å². The van der Waals surface area contributed by atoms with Gasteiger partial charge in [-0.1, -0.05) is 40.9 Å². The second-order valence-corrected chi connectivity index (χ2v) is 6.62. The van der Waals surface area contributed by atoms with E-state index >= 15 is 0 Å². The van der Waals surface area contributed by atoms with Crippen LogP contribution in [0.1, 0.15) is 49.0 Å².